The van der Waals surface area contributed by atoms with Crippen molar-refractivity contribution in [2.24, 2.45) is 0 Å². The van der Waals surface area contributed by atoms with E-state index in [9.17, 15) is 4.79 Å². The number of hydrogen-bond acceptors (Lipinski definition) is 3. The van der Waals surface area contributed by atoms with Crippen molar-refractivity contribution >= 4 is 40.8 Å². The molecule has 0 saturated heterocycles. The summed E-state index contributed by atoms with van der Waals surface area (Å²) in [5.41, 5.74) is 1.80. The van der Waals surface area contributed by atoms with Crippen LogP contribution in [0.25, 0.3) is 11.6 Å². The van der Waals surface area contributed by atoms with Gasteiger partial charge in [0.25, 0.3) is 0 Å². The van der Waals surface area contributed by atoms with Crippen LogP contribution in [0.4, 0.5) is 0 Å². The molecular formula is C15H11Cl2NO2. The molecule has 0 fully saturated rings. The second-order valence-electron chi connectivity index (χ2n) is 3.95. The van der Waals surface area contributed by atoms with Gasteiger partial charge in [-0.05, 0) is 41.5 Å². The van der Waals surface area contributed by atoms with E-state index in [4.69, 9.17) is 27.9 Å². The van der Waals surface area contributed by atoms with Gasteiger partial charge in [-0.3, -0.25) is 4.98 Å². The standard InChI is InChI=1S/C15H11Cl2NO2/c1-20-15(19)13(10-4-6-18-7-5-10)8-11-2-3-12(16)9-14(11)17/h2-9H,1H3/b13-8+. The maximum atomic E-state index is 11.9. The number of carbonyl (C=O) groups excluding carboxylic acids is 1. The number of aromatic nitrogens is 1. The number of benzene rings is 1. The maximum absolute atomic E-state index is 11.9. The van der Waals surface area contributed by atoms with Crippen molar-refractivity contribution in [1.82, 2.24) is 4.98 Å². The van der Waals surface area contributed by atoms with Crippen LogP contribution in [0, 0.1) is 0 Å². The van der Waals surface area contributed by atoms with Crippen LogP contribution in [0.2, 0.25) is 10.0 Å². The molecule has 1 aromatic carbocycles. The van der Waals surface area contributed by atoms with Crippen LogP contribution in [-0.2, 0) is 9.53 Å². The summed E-state index contributed by atoms with van der Waals surface area (Å²) in [5, 5.41) is 1.00. The first kappa shape index (κ1) is 14.6. The van der Waals surface area contributed by atoms with Gasteiger partial charge < -0.3 is 4.74 Å². The Morgan fingerprint density at radius 3 is 2.50 bits per heavy atom. The van der Waals surface area contributed by atoms with Crippen molar-refractivity contribution in [2.45, 2.75) is 0 Å². The maximum Gasteiger partial charge on any atom is 0.338 e. The smallest absolute Gasteiger partial charge is 0.338 e. The quantitative estimate of drug-likeness (QED) is 0.633. The van der Waals surface area contributed by atoms with Gasteiger partial charge in [0.2, 0.25) is 0 Å². The third-order valence-corrected chi connectivity index (χ3v) is 3.22. The van der Waals surface area contributed by atoms with Gasteiger partial charge in [0.1, 0.15) is 0 Å². The van der Waals surface area contributed by atoms with Crippen LogP contribution in [0.3, 0.4) is 0 Å². The fraction of sp³-hybridized carbons (Fsp3) is 0.0667. The number of rotatable bonds is 3. The van der Waals surface area contributed by atoms with Crippen LogP contribution in [0.15, 0.2) is 42.7 Å². The zero-order chi connectivity index (χ0) is 14.5. The molecule has 2 rings (SSSR count). The zero-order valence-electron chi connectivity index (χ0n) is 10.6. The summed E-state index contributed by atoms with van der Waals surface area (Å²) in [4.78, 5) is 15.8. The molecule has 0 unspecified atom stereocenters. The van der Waals surface area contributed by atoms with Gasteiger partial charge in [-0.2, -0.15) is 0 Å². The fourth-order valence-corrected chi connectivity index (χ4v) is 2.14. The lowest BCUT2D eigenvalue weighted by Crippen LogP contribution is -2.04. The molecule has 0 bridgehead atoms. The lowest BCUT2D eigenvalue weighted by Gasteiger charge is -2.07. The highest BCUT2D eigenvalue weighted by atomic mass is 35.5. The first-order valence-electron chi connectivity index (χ1n) is 5.77. The minimum Gasteiger partial charge on any atom is -0.465 e. The number of nitrogens with zero attached hydrogens (tertiary/aromatic N) is 1. The summed E-state index contributed by atoms with van der Waals surface area (Å²) in [6, 6.07) is 8.53. The number of pyridine rings is 1. The SMILES string of the molecule is COC(=O)/C(=C/c1ccc(Cl)cc1Cl)c1ccncc1. The van der Waals surface area contributed by atoms with Crippen molar-refractivity contribution in [3.05, 3.63) is 63.9 Å². The molecule has 1 aromatic heterocycles. The van der Waals surface area contributed by atoms with Crippen LogP contribution in [-0.4, -0.2) is 18.1 Å². The summed E-state index contributed by atoms with van der Waals surface area (Å²) in [6.07, 6.45) is 4.88. The Balaban J connectivity index is 2.51. The summed E-state index contributed by atoms with van der Waals surface area (Å²) < 4.78 is 4.81. The van der Waals surface area contributed by atoms with E-state index in [-0.39, 0.29) is 0 Å². The predicted molar refractivity (Wildman–Crippen MR) is 80.6 cm³/mol. The number of hydrogen-bond donors (Lipinski definition) is 0. The first-order valence-corrected chi connectivity index (χ1v) is 6.53. The van der Waals surface area contributed by atoms with Gasteiger partial charge in [-0.15, -0.1) is 0 Å². The second-order valence-corrected chi connectivity index (χ2v) is 4.79. The Kier molecular flexibility index (Phi) is 4.77. The average molecular weight is 308 g/mol. The molecule has 1 heterocycles. The van der Waals surface area contributed by atoms with Gasteiger partial charge in [0.05, 0.1) is 12.7 Å². The molecule has 0 radical (unpaired) electrons. The zero-order valence-corrected chi connectivity index (χ0v) is 12.2. The summed E-state index contributed by atoms with van der Waals surface area (Å²) in [7, 11) is 1.33. The van der Waals surface area contributed by atoms with E-state index < -0.39 is 5.97 Å². The molecule has 0 aliphatic heterocycles. The summed E-state index contributed by atoms with van der Waals surface area (Å²) in [5.74, 6) is -0.442. The molecular weight excluding hydrogens is 297 g/mol. The number of esters is 1. The monoisotopic (exact) mass is 307 g/mol. The number of halogens is 2. The molecule has 0 N–H and O–H groups in total. The Bertz CT molecular complexity index is 654. The molecule has 3 nitrogen and oxygen atoms in total. The van der Waals surface area contributed by atoms with E-state index in [1.54, 1.807) is 48.8 Å². The van der Waals surface area contributed by atoms with E-state index in [1.807, 2.05) is 0 Å². The molecule has 0 aliphatic carbocycles. The van der Waals surface area contributed by atoms with Gasteiger partial charge in [0, 0.05) is 22.4 Å². The lowest BCUT2D eigenvalue weighted by molar-refractivity contribution is -0.133. The van der Waals surface area contributed by atoms with E-state index in [1.165, 1.54) is 7.11 Å². The van der Waals surface area contributed by atoms with Crippen molar-refractivity contribution in [1.29, 1.82) is 0 Å². The first-order chi connectivity index (χ1) is 9.61. The van der Waals surface area contributed by atoms with E-state index in [2.05, 4.69) is 4.98 Å². The van der Waals surface area contributed by atoms with Crippen LogP contribution >= 0.6 is 23.2 Å². The molecule has 0 atom stereocenters. The third-order valence-electron chi connectivity index (χ3n) is 2.66. The predicted octanol–water partition coefficient (Wildman–Crippen LogP) is 4.10. The molecule has 2 aromatic rings. The second kappa shape index (κ2) is 6.55. The average Bonchev–Trinajstić information content (AvgIpc) is 2.46. The highest BCUT2D eigenvalue weighted by Gasteiger charge is 2.13. The van der Waals surface area contributed by atoms with Crippen LogP contribution in [0.5, 0.6) is 0 Å². The van der Waals surface area contributed by atoms with E-state index in [0.29, 0.717) is 26.7 Å². The molecule has 5 heteroatoms. The Morgan fingerprint density at radius 1 is 1.20 bits per heavy atom. The highest BCUT2D eigenvalue weighted by Crippen LogP contribution is 2.26. The van der Waals surface area contributed by atoms with Crippen molar-refractivity contribution in [3.8, 4) is 0 Å². The number of methoxy groups -OCH3 is 1. The normalized spacial score (nSPS) is 11.2. The Morgan fingerprint density at radius 2 is 1.90 bits per heavy atom. The van der Waals surface area contributed by atoms with Gasteiger partial charge in [0.15, 0.2) is 0 Å². The van der Waals surface area contributed by atoms with Gasteiger partial charge in [-0.1, -0.05) is 29.3 Å². The lowest BCUT2D eigenvalue weighted by atomic mass is 10.0. The fourth-order valence-electron chi connectivity index (χ4n) is 1.68. The molecule has 0 spiro atoms. The summed E-state index contributed by atoms with van der Waals surface area (Å²) >= 11 is 12.0. The molecule has 0 aliphatic rings. The van der Waals surface area contributed by atoms with E-state index in [0.717, 1.165) is 0 Å². The van der Waals surface area contributed by atoms with E-state index >= 15 is 0 Å². The minimum atomic E-state index is -0.442. The minimum absolute atomic E-state index is 0.402. The summed E-state index contributed by atoms with van der Waals surface area (Å²) in [6.45, 7) is 0. The number of ether oxygens (including phenoxy) is 1. The Labute approximate surface area is 126 Å². The van der Waals surface area contributed by atoms with Gasteiger partial charge in [-0.25, -0.2) is 4.79 Å². The van der Waals surface area contributed by atoms with Crippen LogP contribution in [0.1, 0.15) is 11.1 Å². The highest BCUT2D eigenvalue weighted by molar-refractivity contribution is 6.36. The molecule has 20 heavy (non-hydrogen) atoms. The Hall–Kier alpha value is -1.84. The topological polar surface area (TPSA) is 39.2 Å². The molecule has 0 amide bonds. The molecule has 102 valence electrons. The van der Waals surface area contributed by atoms with Crippen LogP contribution < -0.4 is 0 Å². The van der Waals surface area contributed by atoms with Crippen molar-refractivity contribution in [3.63, 3.8) is 0 Å². The van der Waals surface area contributed by atoms with Crippen molar-refractivity contribution in [2.75, 3.05) is 7.11 Å². The largest absolute Gasteiger partial charge is 0.465 e. The van der Waals surface area contributed by atoms with Gasteiger partial charge >= 0.3 is 5.97 Å². The number of carbonyl (C=O) groups is 1. The molecule has 0 saturated carbocycles. The third kappa shape index (κ3) is 3.38. The van der Waals surface area contributed by atoms with Crippen molar-refractivity contribution < 1.29 is 9.53 Å².